The van der Waals surface area contributed by atoms with Crippen LogP contribution in [-0.4, -0.2) is 75.9 Å². The number of aliphatic carboxylic acids is 1. The van der Waals surface area contributed by atoms with Crippen LogP contribution in [0.3, 0.4) is 0 Å². The van der Waals surface area contributed by atoms with Crippen LogP contribution in [0.2, 0.25) is 0 Å². The Hall–Kier alpha value is -3.04. The van der Waals surface area contributed by atoms with Crippen molar-refractivity contribution < 1.29 is 34.1 Å². The van der Waals surface area contributed by atoms with Crippen LogP contribution in [-0.2, 0) is 14.4 Å². The minimum Gasteiger partial charge on any atom is -0.477 e. The fraction of sp³-hybridized carbons (Fsp3) is 0.571. The first-order valence-electron chi connectivity index (χ1n) is 12.7. The molecule has 0 unspecified atom stereocenters. The number of likely N-dealkylation sites (N-methyl/N-ethyl adjacent to an activating group) is 1. The van der Waals surface area contributed by atoms with Gasteiger partial charge in [-0.05, 0) is 84.0 Å². The van der Waals surface area contributed by atoms with E-state index in [1.54, 1.807) is 52.8 Å². The third-order valence-electron chi connectivity index (χ3n) is 7.21. The Bertz CT molecular complexity index is 1130. The van der Waals surface area contributed by atoms with Gasteiger partial charge >= 0.3 is 11.9 Å². The van der Waals surface area contributed by atoms with Gasteiger partial charge in [0, 0.05) is 24.4 Å². The number of fused-ring (bicyclic) bond motifs is 1. The van der Waals surface area contributed by atoms with E-state index in [1.807, 2.05) is 18.9 Å². The minimum atomic E-state index is -1.14. The molecule has 0 radical (unpaired) electrons. The van der Waals surface area contributed by atoms with Gasteiger partial charge in [-0.15, -0.1) is 0 Å². The first kappa shape index (κ1) is 28.5. The molecule has 2 aliphatic rings. The summed E-state index contributed by atoms with van der Waals surface area (Å²) in [6.07, 6.45) is 0.0436. The molecule has 9 nitrogen and oxygen atoms in total. The first-order chi connectivity index (χ1) is 17.1. The Kier molecular flexibility index (Phi) is 8.29. The summed E-state index contributed by atoms with van der Waals surface area (Å²) in [6.45, 7) is 11.5. The topological polar surface area (TPSA) is 124 Å². The molecule has 37 heavy (non-hydrogen) atoms. The number of carbonyl (C=O) groups excluding carboxylic acids is 3. The van der Waals surface area contributed by atoms with Crippen molar-refractivity contribution in [2.24, 2.45) is 17.3 Å². The highest BCUT2D eigenvalue weighted by Gasteiger charge is 2.59. The molecule has 1 amide bonds. The summed E-state index contributed by atoms with van der Waals surface area (Å²) in [5.41, 5.74) is 1.31. The molecule has 9 heteroatoms. The van der Waals surface area contributed by atoms with E-state index in [0.29, 0.717) is 48.4 Å². The van der Waals surface area contributed by atoms with Crippen molar-refractivity contribution in [2.45, 2.75) is 66.5 Å². The maximum atomic E-state index is 12.8. The van der Waals surface area contributed by atoms with E-state index in [2.05, 4.69) is 0 Å². The highest BCUT2D eigenvalue weighted by molar-refractivity contribution is 6.00. The fourth-order valence-corrected chi connectivity index (χ4v) is 5.07. The standard InChI is InChI=1S/C28H38N2O7/c1-15-13-18(10-11-21(15)37-27(36)28(4,5)6)20(32)9-8-12-29(7)14-19-16(2)23-22(17(3)31)25(33)30(23)24(19)26(34)35/h10-11,13,16-17,22-23,31H,8-9,12,14H2,1-7H3,(H,34,35)/t16-,17+,22+,23+/m0/s1. The minimum absolute atomic E-state index is 0.0186. The predicted octanol–water partition coefficient (Wildman–Crippen LogP) is 3.04. The summed E-state index contributed by atoms with van der Waals surface area (Å²) in [6, 6.07) is 4.69. The molecule has 3 rings (SSSR count). The molecule has 0 saturated carbocycles. The summed E-state index contributed by atoms with van der Waals surface area (Å²) >= 11 is 0. The number of esters is 1. The molecule has 1 aromatic rings. The molecule has 0 aromatic heterocycles. The fourth-order valence-electron chi connectivity index (χ4n) is 5.07. The smallest absolute Gasteiger partial charge is 0.352 e. The second kappa shape index (κ2) is 10.8. The van der Waals surface area contributed by atoms with E-state index < -0.39 is 23.4 Å². The van der Waals surface area contributed by atoms with Crippen LogP contribution in [0, 0.1) is 24.2 Å². The van der Waals surface area contributed by atoms with E-state index >= 15 is 0 Å². The van der Waals surface area contributed by atoms with Gasteiger partial charge in [0.05, 0.1) is 23.5 Å². The normalized spacial score (nSPS) is 22.1. The molecule has 202 valence electrons. The average Bonchev–Trinajstić information content (AvgIpc) is 3.02. The van der Waals surface area contributed by atoms with Crippen LogP contribution in [0.25, 0.3) is 0 Å². The molecule has 2 aliphatic heterocycles. The van der Waals surface area contributed by atoms with Crippen molar-refractivity contribution >= 4 is 23.6 Å². The van der Waals surface area contributed by atoms with Gasteiger partial charge in [0.25, 0.3) is 0 Å². The van der Waals surface area contributed by atoms with E-state index in [4.69, 9.17) is 4.74 Å². The SMILES string of the molecule is Cc1cc(C(=O)CCCN(C)CC2=C(C(=O)O)N3C(=O)[C@H]([C@@H](C)O)[C@H]3[C@H]2C)ccc1OC(=O)C(C)(C)C. The maximum absolute atomic E-state index is 12.8. The van der Waals surface area contributed by atoms with Gasteiger partial charge < -0.3 is 24.7 Å². The monoisotopic (exact) mass is 514 g/mol. The number of hydrogen-bond acceptors (Lipinski definition) is 7. The van der Waals surface area contributed by atoms with Crippen molar-refractivity contribution in [1.82, 2.24) is 9.80 Å². The van der Waals surface area contributed by atoms with Crippen LogP contribution in [0.1, 0.15) is 63.4 Å². The van der Waals surface area contributed by atoms with Gasteiger partial charge in [-0.2, -0.15) is 0 Å². The Balaban J connectivity index is 1.57. The van der Waals surface area contributed by atoms with Crippen LogP contribution in [0.15, 0.2) is 29.5 Å². The molecular weight excluding hydrogens is 476 g/mol. The van der Waals surface area contributed by atoms with Gasteiger partial charge in [-0.25, -0.2) is 4.79 Å². The number of aliphatic hydroxyl groups is 1. The van der Waals surface area contributed by atoms with Gasteiger partial charge in [0.15, 0.2) is 5.78 Å². The van der Waals surface area contributed by atoms with Crippen LogP contribution >= 0.6 is 0 Å². The lowest BCUT2D eigenvalue weighted by Gasteiger charge is -2.46. The average molecular weight is 515 g/mol. The van der Waals surface area contributed by atoms with Gasteiger partial charge in [0.1, 0.15) is 11.4 Å². The van der Waals surface area contributed by atoms with Crippen LogP contribution < -0.4 is 4.74 Å². The highest BCUT2D eigenvalue weighted by Crippen LogP contribution is 2.47. The van der Waals surface area contributed by atoms with E-state index in [-0.39, 0.29) is 35.3 Å². The quantitative estimate of drug-likeness (QED) is 0.211. The third-order valence-corrected chi connectivity index (χ3v) is 7.21. The molecule has 1 aromatic carbocycles. The van der Waals surface area contributed by atoms with Gasteiger partial charge in [-0.3, -0.25) is 14.4 Å². The number of carboxylic acid groups (broad SMARTS) is 1. The Morgan fingerprint density at radius 3 is 2.41 bits per heavy atom. The number of hydrogen-bond donors (Lipinski definition) is 2. The number of benzene rings is 1. The van der Waals surface area contributed by atoms with E-state index in [0.717, 1.165) is 0 Å². The second-order valence-electron chi connectivity index (χ2n) is 11.3. The van der Waals surface area contributed by atoms with Gasteiger partial charge in [-0.1, -0.05) is 6.92 Å². The number of aryl methyl sites for hydroxylation is 1. The molecular formula is C28H38N2O7. The summed E-state index contributed by atoms with van der Waals surface area (Å²) in [5.74, 6) is -2.19. The lowest BCUT2D eigenvalue weighted by atomic mass is 9.77. The number of carboxylic acids is 1. The molecule has 1 saturated heterocycles. The second-order valence-corrected chi connectivity index (χ2v) is 11.3. The maximum Gasteiger partial charge on any atom is 0.352 e. The van der Waals surface area contributed by atoms with Gasteiger partial charge in [0.2, 0.25) is 5.91 Å². The first-order valence-corrected chi connectivity index (χ1v) is 12.7. The highest BCUT2D eigenvalue weighted by atomic mass is 16.5. The lowest BCUT2D eigenvalue weighted by molar-refractivity contribution is -0.163. The number of ether oxygens (including phenoxy) is 1. The number of Topliss-reactive ketones (excluding diaryl/α,β-unsaturated/α-hetero) is 1. The Morgan fingerprint density at radius 2 is 1.86 bits per heavy atom. The van der Waals surface area contributed by atoms with Crippen molar-refractivity contribution in [3.05, 3.63) is 40.6 Å². The Morgan fingerprint density at radius 1 is 1.22 bits per heavy atom. The third kappa shape index (κ3) is 5.78. The summed E-state index contributed by atoms with van der Waals surface area (Å²) in [4.78, 5) is 52.6. The zero-order valence-electron chi connectivity index (χ0n) is 22.7. The molecule has 4 atom stereocenters. The summed E-state index contributed by atoms with van der Waals surface area (Å²) in [5, 5.41) is 19.8. The lowest BCUT2D eigenvalue weighted by Crippen LogP contribution is -2.63. The number of β-lactam (4-membered cyclic amide) rings is 1. The van der Waals surface area contributed by atoms with Crippen LogP contribution in [0.5, 0.6) is 5.75 Å². The molecule has 0 spiro atoms. The number of carbonyl (C=O) groups is 4. The number of rotatable bonds is 10. The van der Waals surface area contributed by atoms with E-state index in [9.17, 15) is 29.4 Å². The predicted molar refractivity (Wildman–Crippen MR) is 137 cm³/mol. The molecule has 1 fully saturated rings. The summed E-state index contributed by atoms with van der Waals surface area (Å²) in [7, 11) is 1.86. The summed E-state index contributed by atoms with van der Waals surface area (Å²) < 4.78 is 5.46. The molecule has 2 N–H and O–H groups in total. The molecule has 0 bridgehead atoms. The number of nitrogens with zero attached hydrogens (tertiary/aromatic N) is 2. The van der Waals surface area contributed by atoms with Crippen molar-refractivity contribution in [3.63, 3.8) is 0 Å². The Labute approximate surface area is 218 Å². The van der Waals surface area contributed by atoms with Crippen molar-refractivity contribution in [1.29, 1.82) is 0 Å². The van der Waals surface area contributed by atoms with Crippen molar-refractivity contribution in [2.75, 3.05) is 20.1 Å². The number of ketones is 1. The zero-order chi connectivity index (χ0) is 27.8. The van der Waals surface area contributed by atoms with Crippen molar-refractivity contribution in [3.8, 4) is 5.75 Å². The van der Waals surface area contributed by atoms with Crippen LogP contribution in [0.4, 0.5) is 0 Å². The molecule has 2 heterocycles. The largest absolute Gasteiger partial charge is 0.477 e. The number of aliphatic hydroxyl groups excluding tert-OH is 1. The molecule has 0 aliphatic carbocycles. The number of amides is 1. The van der Waals surface area contributed by atoms with E-state index in [1.165, 1.54) is 4.90 Å². The zero-order valence-corrected chi connectivity index (χ0v) is 22.7.